The molecule has 4 nitrogen and oxygen atoms in total. The number of nitrogens with one attached hydrogen (secondary N) is 2. The van der Waals surface area contributed by atoms with E-state index in [0.717, 1.165) is 31.5 Å². The van der Waals surface area contributed by atoms with Gasteiger partial charge in [0.15, 0.2) is 0 Å². The van der Waals surface area contributed by atoms with E-state index in [9.17, 15) is 9.18 Å². The van der Waals surface area contributed by atoms with E-state index in [1.807, 2.05) is 20.9 Å². The number of carbonyl (C=O) groups is 1. The number of carbonyl (C=O) groups excluding carboxylic acids is 1. The van der Waals surface area contributed by atoms with Crippen LogP contribution in [0.5, 0.6) is 0 Å². The number of halogens is 2. The minimum absolute atomic E-state index is 0. The molecule has 0 aromatic heterocycles. The van der Waals surface area contributed by atoms with Crippen LogP contribution in [0.25, 0.3) is 0 Å². The average molecular weight is 330 g/mol. The molecule has 0 aliphatic carbocycles. The minimum Gasteiger partial charge on any atom is -0.322 e. The van der Waals surface area contributed by atoms with Crippen molar-refractivity contribution < 1.29 is 9.18 Å². The summed E-state index contributed by atoms with van der Waals surface area (Å²) < 4.78 is 13.8. The van der Waals surface area contributed by atoms with Crippen LogP contribution in [-0.4, -0.2) is 43.0 Å². The second-order valence-corrected chi connectivity index (χ2v) is 5.77. The zero-order chi connectivity index (χ0) is 15.4. The molecule has 0 spiro atoms. The number of anilines is 1. The fraction of sp³-hybridized carbons (Fsp3) is 0.562. The number of piperidine rings is 1. The Morgan fingerprint density at radius 1 is 1.45 bits per heavy atom. The Kier molecular flexibility index (Phi) is 7.26. The van der Waals surface area contributed by atoms with Crippen LogP contribution in [0.4, 0.5) is 10.1 Å². The minimum atomic E-state index is -0.387. The van der Waals surface area contributed by atoms with Crippen LogP contribution >= 0.6 is 12.4 Å². The Labute approximate surface area is 137 Å². The van der Waals surface area contributed by atoms with Crippen LogP contribution < -0.4 is 10.6 Å². The standard InChI is InChI=1S/C16H24FN3O.ClH/c1-11-6-7-15(14(17)9-11)19-16(21)12(2)20-8-4-5-13(10-20)18-3;/h6-7,9,12-13,18H,4-5,8,10H2,1-3H3,(H,19,21);1H. The number of nitrogens with zero attached hydrogens (tertiary/aromatic N) is 1. The molecule has 1 fully saturated rings. The summed E-state index contributed by atoms with van der Waals surface area (Å²) in [6, 6.07) is 4.99. The van der Waals surface area contributed by atoms with Gasteiger partial charge in [0.05, 0.1) is 11.7 Å². The van der Waals surface area contributed by atoms with Gasteiger partial charge in [0.25, 0.3) is 0 Å². The fourth-order valence-corrected chi connectivity index (χ4v) is 2.72. The lowest BCUT2D eigenvalue weighted by atomic mass is 10.0. The zero-order valence-corrected chi connectivity index (χ0v) is 14.2. The highest BCUT2D eigenvalue weighted by atomic mass is 35.5. The Bertz CT molecular complexity index is 512. The molecule has 2 rings (SSSR count). The molecule has 2 N–H and O–H groups in total. The van der Waals surface area contributed by atoms with Crippen molar-refractivity contribution in [3.63, 3.8) is 0 Å². The summed E-state index contributed by atoms with van der Waals surface area (Å²) in [5, 5.41) is 5.95. The highest BCUT2D eigenvalue weighted by molar-refractivity contribution is 5.94. The van der Waals surface area contributed by atoms with Crippen LogP contribution in [-0.2, 0) is 4.79 Å². The number of hydrogen-bond donors (Lipinski definition) is 2. The van der Waals surface area contributed by atoms with Gasteiger partial charge in [0.1, 0.15) is 5.82 Å². The molecule has 124 valence electrons. The van der Waals surface area contributed by atoms with Gasteiger partial charge in [-0.1, -0.05) is 6.07 Å². The molecule has 22 heavy (non-hydrogen) atoms. The van der Waals surface area contributed by atoms with Crippen molar-refractivity contribution >= 4 is 24.0 Å². The summed E-state index contributed by atoms with van der Waals surface area (Å²) in [7, 11) is 1.95. The quantitative estimate of drug-likeness (QED) is 0.892. The Hall–Kier alpha value is -1.17. The van der Waals surface area contributed by atoms with Crippen molar-refractivity contribution in [2.24, 2.45) is 0 Å². The lowest BCUT2D eigenvalue weighted by Crippen LogP contribution is -2.51. The molecule has 0 bridgehead atoms. The lowest BCUT2D eigenvalue weighted by molar-refractivity contribution is -0.121. The Morgan fingerprint density at radius 2 is 2.18 bits per heavy atom. The molecular formula is C16H25ClFN3O. The summed E-state index contributed by atoms with van der Waals surface area (Å²) in [4.78, 5) is 14.4. The van der Waals surface area contributed by atoms with Crippen molar-refractivity contribution in [1.82, 2.24) is 10.2 Å². The van der Waals surface area contributed by atoms with Gasteiger partial charge in [-0.2, -0.15) is 0 Å². The van der Waals surface area contributed by atoms with Gasteiger partial charge in [0.2, 0.25) is 5.91 Å². The SMILES string of the molecule is CNC1CCCN(C(C)C(=O)Nc2ccc(C)cc2F)C1.Cl. The average Bonchev–Trinajstić information content (AvgIpc) is 2.49. The normalized spacial score (nSPS) is 20.1. The number of likely N-dealkylation sites (tertiary alicyclic amines) is 1. The van der Waals surface area contributed by atoms with E-state index < -0.39 is 0 Å². The number of amides is 1. The van der Waals surface area contributed by atoms with Crippen LogP contribution in [0.3, 0.4) is 0 Å². The van der Waals surface area contributed by atoms with Crippen LogP contribution in [0.15, 0.2) is 18.2 Å². The molecular weight excluding hydrogens is 305 g/mol. The third-order valence-corrected chi connectivity index (χ3v) is 4.17. The first kappa shape index (κ1) is 18.9. The van der Waals surface area contributed by atoms with Crippen LogP contribution in [0.2, 0.25) is 0 Å². The van der Waals surface area contributed by atoms with Gasteiger partial charge in [-0.25, -0.2) is 4.39 Å². The predicted octanol–water partition coefficient (Wildman–Crippen LogP) is 2.57. The maximum absolute atomic E-state index is 13.8. The number of aryl methyl sites for hydroxylation is 1. The van der Waals surface area contributed by atoms with E-state index in [-0.39, 0.29) is 35.9 Å². The Morgan fingerprint density at radius 3 is 2.82 bits per heavy atom. The first-order valence-corrected chi connectivity index (χ1v) is 7.49. The third-order valence-electron chi connectivity index (χ3n) is 4.17. The van der Waals surface area contributed by atoms with E-state index in [4.69, 9.17) is 0 Å². The van der Waals surface area contributed by atoms with E-state index >= 15 is 0 Å². The molecule has 2 unspecified atom stereocenters. The van der Waals surface area contributed by atoms with Gasteiger partial charge >= 0.3 is 0 Å². The lowest BCUT2D eigenvalue weighted by Gasteiger charge is -2.35. The molecule has 1 saturated heterocycles. The molecule has 6 heteroatoms. The van der Waals surface area contributed by atoms with Gasteiger partial charge < -0.3 is 10.6 Å². The summed E-state index contributed by atoms with van der Waals surface area (Å²) in [5.41, 5.74) is 1.09. The van der Waals surface area contributed by atoms with Crippen molar-refractivity contribution in [1.29, 1.82) is 0 Å². The number of hydrogen-bond acceptors (Lipinski definition) is 3. The maximum Gasteiger partial charge on any atom is 0.241 e. The van der Waals surface area contributed by atoms with Gasteiger partial charge in [0, 0.05) is 12.6 Å². The molecule has 1 aliphatic heterocycles. The Balaban J connectivity index is 0.00000242. The maximum atomic E-state index is 13.8. The topological polar surface area (TPSA) is 44.4 Å². The molecule has 1 aromatic carbocycles. The summed E-state index contributed by atoms with van der Waals surface area (Å²) in [6.07, 6.45) is 2.20. The molecule has 2 atom stereocenters. The number of benzene rings is 1. The first-order chi connectivity index (χ1) is 10.0. The fourth-order valence-electron chi connectivity index (χ4n) is 2.72. The van der Waals surface area contributed by atoms with Crippen molar-refractivity contribution in [3.05, 3.63) is 29.6 Å². The second-order valence-electron chi connectivity index (χ2n) is 5.77. The molecule has 1 heterocycles. The van der Waals surface area contributed by atoms with Crippen molar-refractivity contribution in [2.75, 3.05) is 25.5 Å². The zero-order valence-electron chi connectivity index (χ0n) is 13.4. The van der Waals surface area contributed by atoms with Crippen LogP contribution in [0.1, 0.15) is 25.3 Å². The first-order valence-electron chi connectivity index (χ1n) is 7.49. The summed E-state index contributed by atoms with van der Waals surface area (Å²) in [5.74, 6) is -0.545. The largest absolute Gasteiger partial charge is 0.322 e. The predicted molar refractivity (Wildman–Crippen MR) is 90.1 cm³/mol. The van der Waals surface area contributed by atoms with E-state index in [1.54, 1.807) is 12.1 Å². The second kappa shape index (κ2) is 8.46. The monoisotopic (exact) mass is 329 g/mol. The van der Waals surface area contributed by atoms with Gasteiger partial charge in [-0.3, -0.25) is 9.69 Å². The summed E-state index contributed by atoms with van der Waals surface area (Å²) >= 11 is 0. The van der Waals surface area contributed by atoms with Gasteiger partial charge in [-0.15, -0.1) is 12.4 Å². The van der Waals surface area contributed by atoms with Crippen molar-refractivity contribution in [3.8, 4) is 0 Å². The summed E-state index contributed by atoms with van der Waals surface area (Å²) in [6.45, 7) is 5.45. The molecule has 0 radical (unpaired) electrons. The molecule has 1 amide bonds. The highest BCUT2D eigenvalue weighted by Crippen LogP contribution is 2.18. The van der Waals surface area contributed by atoms with Crippen molar-refractivity contribution in [2.45, 2.75) is 38.8 Å². The molecule has 1 aromatic rings. The third kappa shape index (κ3) is 4.66. The molecule has 1 aliphatic rings. The van der Waals surface area contributed by atoms with Gasteiger partial charge in [-0.05, 0) is 58.0 Å². The van der Waals surface area contributed by atoms with E-state index in [2.05, 4.69) is 15.5 Å². The van der Waals surface area contributed by atoms with E-state index in [1.165, 1.54) is 6.07 Å². The van der Waals surface area contributed by atoms with Crippen LogP contribution in [0, 0.1) is 12.7 Å². The molecule has 0 saturated carbocycles. The highest BCUT2D eigenvalue weighted by Gasteiger charge is 2.27. The number of likely N-dealkylation sites (N-methyl/N-ethyl adjacent to an activating group) is 1. The smallest absolute Gasteiger partial charge is 0.241 e. The van der Waals surface area contributed by atoms with E-state index in [0.29, 0.717) is 6.04 Å². The number of rotatable bonds is 4.